The van der Waals surface area contributed by atoms with E-state index in [9.17, 15) is 14.7 Å². The number of benzene rings is 1. The van der Waals surface area contributed by atoms with E-state index in [1.54, 1.807) is 27.9 Å². The molecule has 2 rings (SSSR count). The van der Waals surface area contributed by atoms with Crippen molar-refractivity contribution < 1.29 is 24.2 Å². The minimum Gasteiger partial charge on any atom is -0.497 e. The molecule has 1 fully saturated rings. The summed E-state index contributed by atoms with van der Waals surface area (Å²) in [5.41, 5.74) is -0.686. The van der Waals surface area contributed by atoms with E-state index in [1.807, 2.05) is 24.3 Å². The van der Waals surface area contributed by atoms with Gasteiger partial charge in [0.25, 0.3) is 0 Å². The van der Waals surface area contributed by atoms with E-state index < -0.39 is 23.1 Å². The van der Waals surface area contributed by atoms with Crippen LogP contribution in [0, 0.1) is 5.41 Å². The predicted molar refractivity (Wildman–Crippen MR) is 93.8 cm³/mol. The Balaban J connectivity index is 2.17. The monoisotopic (exact) mass is 349 g/mol. The Kier molecular flexibility index (Phi) is 5.60. The van der Waals surface area contributed by atoms with Gasteiger partial charge in [-0.15, -0.1) is 0 Å². The maximum absolute atomic E-state index is 12.4. The van der Waals surface area contributed by atoms with Gasteiger partial charge in [-0.3, -0.25) is 4.79 Å². The molecule has 1 atom stereocenters. The van der Waals surface area contributed by atoms with Crippen molar-refractivity contribution in [2.24, 2.45) is 5.41 Å². The molecule has 138 valence electrons. The molecule has 1 aromatic rings. The average Bonchev–Trinajstić information content (AvgIpc) is 2.54. The third-order valence-electron chi connectivity index (χ3n) is 4.38. The van der Waals surface area contributed by atoms with Crippen LogP contribution in [-0.2, 0) is 16.0 Å². The number of likely N-dealkylation sites (tertiary alicyclic amines) is 1. The van der Waals surface area contributed by atoms with Crippen molar-refractivity contribution in [2.45, 2.75) is 45.6 Å². The molecule has 1 amide bonds. The van der Waals surface area contributed by atoms with Crippen LogP contribution in [0.3, 0.4) is 0 Å². The fourth-order valence-electron chi connectivity index (χ4n) is 3.14. The lowest BCUT2D eigenvalue weighted by Crippen LogP contribution is -2.52. The van der Waals surface area contributed by atoms with Gasteiger partial charge in [0.2, 0.25) is 0 Å². The maximum Gasteiger partial charge on any atom is 0.410 e. The molecule has 6 heteroatoms. The number of rotatable bonds is 4. The molecular weight excluding hydrogens is 322 g/mol. The smallest absolute Gasteiger partial charge is 0.410 e. The third kappa shape index (κ3) is 4.87. The van der Waals surface area contributed by atoms with Gasteiger partial charge in [0.05, 0.1) is 12.5 Å². The number of hydrogen-bond acceptors (Lipinski definition) is 4. The van der Waals surface area contributed by atoms with Crippen LogP contribution in [-0.4, -0.2) is 47.9 Å². The SMILES string of the molecule is COc1ccc(C[C@@]2(C(=O)O)CCCN(C(=O)OC(C)(C)C)C2)cc1. The van der Waals surface area contributed by atoms with Crippen molar-refractivity contribution in [2.75, 3.05) is 20.2 Å². The lowest BCUT2D eigenvalue weighted by Gasteiger charge is -2.40. The van der Waals surface area contributed by atoms with Crippen molar-refractivity contribution in [3.8, 4) is 5.75 Å². The highest BCUT2D eigenvalue weighted by atomic mass is 16.6. The fourth-order valence-corrected chi connectivity index (χ4v) is 3.14. The highest BCUT2D eigenvalue weighted by molar-refractivity contribution is 5.77. The minimum atomic E-state index is -0.996. The molecule has 0 unspecified atom stereocenters. The Labute approximate surface area is 148 Å². The number of methoxy groups -OCH3 is 1. The Morgan fingerprint density at radius 1 is 1.24 bits per heavy atom. The molecule has 0 aromatic heterocycles. The number of aliphatic carboxylic acids is 1. The molecule has 1 aromatic carbocycles. The van der Waals surface area contributed by atoms with Crippen LogP contribution in [0.4, 0.5) is 4.79 Å². The fraction of sp³-hybridized carbons (Fsp3) is 0.579. The first-order chi connectivity index (χ1) is 11.6. The van der Waals surface area contributed by atoms with Gasteiger partial charge in [-0.2, -0.15) is 0 Å². The van der Waals surface area contributed by atoms with Crippen molar-refractivity contribution in [3.63, 3.8) is 0 Å². The predicted octanol–water partition coefficient (Wildman–Crippen LogP) is 3.34. The second-order valence-corrected chi connectivity index (χ2v) is 7.62. The van der Waals surface area contributed by atoms with E-state index in [0.29, 0.717) is 25.8 Å². The van der Waals surface area contributed by atoms with Crippen molar-refractivity contribution in [3.05, 3.63) is 29.8 Å². The number of carboxylic acid groups (broad SMARTS) is 1. The van der Waals surface area contributed by atoms with Crippen LogP contribution in [0.2, 0.25) is 0 Å². The number of piperidine rings is 1. The van der Waals surface area contributed by atoms with E-state index in [4.69, 9.17) is 9.47 Å². The summed E-state index contributed by atoms with van der Waals surface area (Å²) in [4.78, 5) is 25.9. The van der Waals surface area contributed by atoms with E-state index in [1.165, 1.54) is 4.90 Å². The summed E-state index contributed by atoms with van der Waals surface area (Å²) in [6, 6.07) is 7.38. The van der Waals surface area contributed by atoms with E-state index in [-0.39, 0.29) is 6.54 Å². The van der Waals surface area contributed by atoms with E-state index in [2.05, 4.69) is 0 Å². The van der Waals surface area contributed by atoms with Crippen LogP contribution in [0.25, 0.3) is 0 Å². The number of nitrogens with zero attached hydrogens (tertiary/aromatic N) is 1. The van der Waals surface area contributed by atoms with Gasteiger partial charge in [0.15, 0.2) is 0 Å². The number of carbonyl (C=O) groups excluding carboxylic acids is 1. The zero-order chi connectivity index (χ0) is 18.7. The van der Waals surface area contributed by atoms with Crippen LogP contribution in [0.15, 0.2) is 24.3 Å². The number of carboxylic acids is 1. The Hall–Kier alpha value is -2.24. The van der Waals surface area contributed by atoms with Gasteiger partial charge in [-0.1, -0.05) is 12.1 Å². The summed E-state index contributed by atoms with van der Waals surface area (Å²) >= 11 is 0. The second-order valence-electron chi connectivity index (χ2n) is 7.62. The van der Waals surface area contributed by atoms with Crippen LogP contribution < -0.4 is 4.74 Å². The van der Waals surface area contributed by atoms with Gasteiger partial charge in [0.1, 0.15) is 11.4 Å². The van der Waals surface area contributed by atoms with Crippen LogP contribution in [0.5, 0.6) is 5.75 Å². The first-order valence-electron chi connectivity index (χ1n) is 8.49. The standard InChI is InChI=1S/C19H27NO5/c1-18(2,3)25-17(23)20-11-5-10-19(13-20,16(21)22)12-14-6-8-15(24-4)9-7-14/h6-9H,5,10-13H2,1-4H3,(H,21,22)/t19-/m0/s1. The first kappa shape index (κ1) is 19.1. The molecule has 25 heavy (non-hydrogen) atoms. The highest BCUT2D eigenvalue weighted by Crippen LogP contribution is 2.35. The van der Waals surface area contributed by atoms with Crippen LogP contribution >= 0.6 is 0 Å². The molecule has 1 N–H and O–H groups in total. The van der Waals surface area contributed by atoms with Gasteiger partial charge in [-0.05, 0) is 57.7 Å². The summed E-state index contributed by atoms with van der Waals surface area (Å²) < 4.78 is 10.5. The molecule has 1 heterocycles. The molecule has 0 saturated carbocycles. The molecule has 0 radical (unpaired) electrons. The number of ether oxygens (including phenoxy) is 2. The molecule has 0 aliphatic carbocycles. The zero-order valence-electron chi connectivity index (χ0n) is 15.4. The van der Waals surface area contributed by atoms with Gasteiger partial charge in [0, 0.05) is 13.1 Å². The van der Waals surface area contributed by atoms with Gasteiger partial charge < -0.3 is 19.5 Å². The first-order valence-corrected chi connectivity index (χ1v) is 8.49. The topological polar surface area (TPSA) is 76.1 Å². The van der Waals surface area contributed by atoms with E-state index >= 15 is 0 Å². The summed E-state index contributed by atoms with van der Waals surface area (Å²) in [5.74, 6) is -0.149. The molecule has 0 bridgehead atoms. The molecular formula is C19H27NO5. The lowest BCUT2D eigenvalue weighted by molar-refractivity contribution is -0.152. The van der Waals surface area contributed by atoms with Gasteiger partial charge in [-0.25, -0.2) is 4.79 Å². The molecule has 1 aliphatic heterocycles. The Bertz CT molecular complexity index is 620. The summed E-state index contributed by atoms with van der Waals surface area (Å²) in [5, 5.41) is 9.88. The van der Waals surface area contributed by atoms with Crippen molar-refractivity contribution in [1.82, 2.24) is 4.90 Å². The minimum absolute atomic E-state index is 0.156. The van der Waals surface area contributed by atoms with Crippen molar-refractivity contribution >= 4 is 12.1 Å². The Morgan fingerprint density at radius 2 is 1.88 bits per heavy atom. The third-order valence-corrected chi connectivity index (χ3v) is 4.38. The summed E-state index contributed by atoms with van der Waals surface area (Å²) in [6.45, 7) is 6.08. The molecule has 6 nitrogen and oxygen atoms in total. The second kappa shape index (κ2) is 7.33. The lowest BCUT2D eigenvalue weighted by atomic mass is 9.75. The molecule has 1 aliphatic rings. The van der Waals surface area contributed by atoms with E-state index in [0.717, 1.165) is 11.3 Å². The highest BCUT2D eigenvalue weighted by Gasteiger charge is 2.44. The number of carbonyl (C=O) groups is 2. The quantitative estimate of drug-likeness (QED) is 0.902. The summed E-state index contributed by atoms with van der Waals surface area (Å²) in [7, 11) is 1.59. The molecule has 1 saturated heterocycles. The zero-order valence-corrected chi connectivity index (χ0v) is 15.4. The normalized spacial score (nSPS) is 20.9. The molecule has 0 spiro atoms. The Morgan fingerprint density at radius 3 is 2.40 bits per heavy atom. The van der Waals surface area contributed by atoms with Crippen molar-refractivity contribution in [1.29, 1.82) is 0 Å². The average molecular weight is 349 g/mol. The summed E-state index contributed by atoms with van der Waals surface area (Å²) in [6.07, 6.45) is 1.09. The van der Waals surface area contributed by atoms with Gasteiger partial charge >= 0.3 is 12.1 Å². The largest absolute Gasteiger partial charge is 0.497 e. The van der Waals surface area contributed by atoms with Crippen LogP contribution in [0.1, 0.15) is 39.2 Å². The number of amides is 1. The number of hydrogen-bond donors (Lipinski definition) is 1. The maximum atomic E-state index is 12.4.